The van der Waals surface area contributed by atoms with Crippen LogP contribution in [-0.4, -0.2) is 52.6 Å². The van der Waals surface area contributed by atoms with E-state index >= 15 is 0 Å². The molecule has 0 aromatic rings. The molecule has 0 aliphatic carbocycles. The molecule has 0 saturated heterocycles. The van der Waals surface area contributed by atoms with Crippen molar-refractivity contribution in [3.63, 3.8) is 0 Å². The van der Waals surface area contributed by atoms with Crippen LogP contribution < -0.4 is 0 Å². The minimum Gasteiger partial charge on any atom is -0.759 e. The monoisotopic (exact) mass is 430 g/mol. The van der Waals surface area contributed by atoms with Gasteiger partial charge >= 0.3 is 52.1 Å². The maximum absolute atomic E-state index is 8.74. The zero-order valence-electron chi connectivity index (χ0n) is 6.70. The van der Waals surface area contributed by atoms with Gasteiger partial charge in [0, 0.05) is 20.8 Å². The third kappa shape index (κ3) is 3010. The number of hydrogen-bond acceptors (Lipinski definition) is 10. The van der Waals surface area contributed by atoms with Crippen molar-refractivity contribution in [2.24, 2.45) is 0 Å². The van der Waals surface area contributed by atoms with E-state index in [-0.39, 0.29) is 41.7 Å². The van der Waals surface area contributed by atoms with Gasteiger partial charge in [-0.3, -0.25) is 25.9 Å². The summed E-state index contributed by atoms with van der Waals surface area (Å²) in [5, 5.41) is 0. The molecule has 2 N–H and O–H groups in total. The standard InChI is InChI=1S/Ce.3H2O4S/c;3*1-5(2,3)4/h;3*(H2,1,2,3,4)/q+4;;;/p-4. The van der Waals surface area contributed by atoms with Crippen LogP contribution >= 0.6 is 0 Å². The molecular weight excluding hydrogens is 428 g/mol. The van der Waals surface area contributed by atoms with Crippen molar-refractivity contribution in [1.29, 1.82) is 0 Å². The van der Waals surface area contributed by atoms with Gasteiger partial charge in [-0.1, -0.05) is 0 Å². The number of rotatable bonds is 0. The third-order valence-electron chi connectivity index (χ3n) is 0. The summed E-state index contributed by atoms with van der Waals surface area (Å²) in [6, 6.07) is 0. The van der Waals surface area contributed by atoms with Crippen LogP contribution in [0.25, 0.3) is 0 Å². The van der Waals surface area contributed by atoms with Gasteiger partial charge in [0.15, 0.2) is 0 Å². The SMILES string of the molecule is O=S(=O)(O)O.O=S(=O)([O-])[O-].O=S(=O)([O-])[O-].[Ce+4]. The van der Waals surface area contributed by atoms with Crippen LogP contribution in [0, 0.1) is 41.7 Å². The molecule has 0 fully saturated rings. The zero-order chi connectivity index (χ0) is 13.5. The summed E-state index contributed by atoms with van der Waals surface area (Å²) in [5.74, 6) is 0. The summed E-state index contributed by atoms with van der Waals surface area (Å²) in [7, 11) is -15.0. The van der Waals surface area contributed by atoms with Gasteiger partial charge in [-0.05, 0) is 0 Å². The average Bonchev–Trinajstić information content (AvgIpc) is 1.41. The maximum atomic E-state index is 8.74. The quantitative estimate of drug-likeness (QED) is 0.283. The molecule has 0 amide bonds. The van der Waals surface area contributed by atoms with E-state index in [0.717, 1.165) is 0 Å². The van der Waals surface area contributed by atoms with Crippen molar-refractivity contribution >= 4 is 31.2 Å². The molecule has 12 nitrogen and oxygen atoms in total. The topological polar surface area (TPSA) is 235 Å². The molecule has 0 heterocycles. The molecule has 96 valence electrons. The Morgan fingerprint density at radius 2 is 0.625 bits per heavy atom. The predicted molar refractivity (Wildman–Crippen MR) is 35.1 cm³/mol. The van der Waals surface area contributed by atoms with Crippen LogP contribution in [0.2, 0.25) is 0 Å². The first kappa shape index (κ1) is 25.7. The van der Waals surface area contributed by atoms with Crippen LogP contribution in [-0.2, 0) is 31.2 Å². The van der Waals surface area contributed by atoms with Gasteiger partial charge in [-0.25, -0.2) is 0 Å². The maximum Gasteiger partial charge on any atom is 4.00 e. The molecule has 0 aliphatic rings. The Balaban J connectivity index is -0.0000000655. The fourth-order valence-electron chi connectivity index (χ4n) is 0. The normalized spacial score (nSPS) is 10.9. The summed E-state index contributed by atoms with van der Waals surface area (Å²) in [6.45, 7) is 0. The zero-order valence-corrected chi connectivity index (χ0v) is 12.3. The summed E-state index contributed by atoms with van der Waals surface area (Å²) in [4.78, 5) is 0. The van der Waals surface area contributed by atoms with Crippen LogP contribution in [0.15, 0.2) is 0 Å². The molecule has 0 unspecified atom stereocenters. The van der Waals surface area contributed by atoms with Gasteiger partial charge in [-0.2, -0.15) is 8.42 Å². The molecule has 0 spiro atoms. The molecule has 0 bridgehead atoms. The predicted octanol–water partition coefficient (Wildman–Crippen LogP) is -3.33. The Hall–Kier alpha value is 0.987. The van der Waals surface area contributed by atoms with E-state index in [1.54, 1.807) is 0 Å². The molecular formula is H2CeO12S3. The van der Waals surface area contributed by atoms with Crippen LogP contribution in [0.5, 0.6) is 0 Å². The molecule has 0 radical (unpaired) electrons. The second-order valence-electron chi connectivity index (χ2n) is 1.26. The number of hydrogen-bond donors (Lipinski definition) is 2. The average molecular weight is 430 g/mol. The van der Waals surface area contributed by atoms with Gasteiger partial charge < -0.3 is 18.2 Å². The first-order chi connectivity index (χ1) is 6.00. The first-order valence-corrected chi connectivity index (χ1v) is 6.10. The molecule has 0 atom stereocenters. The summed E-state index contributed by atoms with van der Waals surface area (Å²) in [5.41, 5.74) is 0. The van der Waals surface area contributed by atoms with Crippen molar-refractivity contribution < 1.29 is 94.3 Å². The third-order valence-corrected chi connectivity index (χ3v) is 0. The van der Waals surface area contributed by atoms with Crippen molar-refractivity contribution in [3.8, 4) is 0 Å². The molecule has 0 aliphatic heterocycles. The smallest absolute Gasteiger partial charge is 0.759 e. The van der Waals surface area contributed by atoms with Gasteiger partial charge in [0.2, 0.25) is 0 Å². The van der Waals surface area contributed by atoms with Crippen molar-refractivity contribution in [3.05, 3.63) is 0 Å². The first-order valence-electron chi connectivity index (χ1n) is 2.03. The molecule has 16 heteroatoms. The Bertz CT molecular complexity index is 337. The van der Waals surface area contributed by atoms with Crippen molar-refractivity contribution in [2.75, 3.05) is 0 Å². The minimum absolute atomic E-state index is 0. The molecule has 0 rings (SSSR count). The Morgan fingerprint density at radius 1 is 0.625 bits per heavy atom. The minimum atomic E-state index is -5.17. The van der Waals surface area contributed by atoms with Gasteiger partial charge in [0.25, 0.3) is 0 Å². The molecule has 0 saturated carbocycles. The van der Waals surface area contributed by atoms with Gasteiger partial charge in [0.1, 0.15) is 0 Å². The van der Waals surface area contributed by atoms with Crippen LogP contribution in [0.4, 0.5) is 0 Å². The fraction of sp³-hybridized carbons (Fsp3) is 0. The largest absolute Gasteiger partial charge is 4.00 e. The Labute approximate surface area is 124 Å². The molecule has 0 aromatic heterocycles. The van der Waals surface area contributed by atoms with E-state index < -0.39 is 31.2 Å². The Kier molecular flexibility index (Phi) is 16.0. The van der Waals surface area contributed by atoms with E-state index in [4.69, 9.17) is 52.6 Å². The van der Waals surface area contributed by atoms with E-state index in [0.29, 0.717) is 0 Å². The molecule has 16 heavy (non-hydrogen) atoms. The Morgan fingerprint density at radius 3 is 0.625 bits per heavy atom. The van der Waals surface area contributed by atoms with Crippen LogP contribution in [0.1, 0.15) is 0 Å². The van der Waals surface area contributed by atoms with Crippen molar-refractivity contribution in [1.82, 2.24) is 0 Å². The summed E-state index contributed by atoms with van der Waals surface area (Å²) >= 11 is 0. The van der Waals surface area contributed by atoms with Crippen molar-refractivity contribution in [2.45, 2.75) is 0 Å². The van der Waals surface area contributed by atoms with E-state index in [2.05, 4.69) is 0 Å². The van der Waals surface area contributed by atoms with E-state index in [1.165, 1.54) is 0 Å². The van der Waals surface area contributed by atoms with E-state index in [9.17, 15) is 0 Å². The van der Waals surface area contributed by atoms with E-state index in [1.807, 2.05) is 0 Å². The molecule has 0 aromatic carbocycles. The second kappa shape index (κ2) is 9.96. The van der Waals surface area contributed by atoms with Crippen LogP contribution in [0.3, 0.4) is 0 Å². The van der Waals surface area contributed by atoms with Gasteiger partial charge in [0.05, 0.1) is 0 Å². The van der Waals surface area contributed by atoms with Gasteiger partial charge in [-0.15, -0.1) is 0 Å². The summed E-state index contributed by atoms with van der Waals surface area (Å²) < 4.78 is 99.7. The second-order valence-corrected chi connectivity index (χ2v) is 3.79. The fourth-order valence-corrected chi connectivity index (χ4v) is 0. The summed E-state index contributed by atoms with van der Waals surface area (Å²) in [6.07, 6.45) is 0.